The van der Waals surface area contributed by atoms with Crippen LogP contribution in [0.1, 0.15) is 48.9 Å². The molecule has 2 heteroatoms. The van der Waals surface area contributed by atoms with Gasteiger partial charge >= 0.3 is 0 Å². The van der Waals surface area contributed by atoms with Crippen LogP contribution in [0, 0.1) is 0 Å². The maximum absolute atomic E-state index is 4.75. The Kier molecular flexibility index (Phi) is 12.1. The van der Waals surface area contributed by atoms with Gasteiger partial charge in [0.1, 0.15) is 0 Å². The first-order valence-electron chi connectivity index (χ1n) is 20.9. The van der Waals surface area contributed by atoms with Gasteiger partial charge in [0.25, 0.3) is 0 Å². The van der Waals surface area contributed by atoms with Crippen molar-refractivity contribution in [1.29, 1.82) is 0 Å². The quantitative estimate of drug-likeness (QED) is 0.0737. The molecule has 0 amide bonds. The van der Waals surface area contributed by atoms with Crippen molar-refractivity contribution in [1.82, 2.24) is 0 Å². The Morgan fingerprint density at radius 2 is 1.33 bits per heavy atom. The highest BCUT2D eigenvalue weighted by atomic mass is 32.1. The number of nitrogens with zero attached hydrogens (tertiary/aromatic N) is 1. The van der Waals surface area contributed by atoms with Crippen LogP contribution in [-0.4, -0.2) is 0 Å². The van der Waals surface area contributed by atoms with E-state index in [4.69, 9.17) is 6.58 Å². The van der Waals surface area contributed by atoms with Crippen molar-refractivity contribution in [3.63, 3.8) is 0 Å². The minimum atomic E-state index is -0.444. The van der Waals surface area contributed by atoms with Gasteiger partial charge in [-0.1, -0.05) is 210 Å². The average Bonchev–Trinajstić information content (AvgIpc) is 3.69. The van der Waals surface area contributed by atoms with Gasteiger partial charge in [0, 0.05) is 43.2 Å². The highest BCUT2D eigenvalue weighted by Crippen LogP contribution is 2.43. The molecule has 298 valence electrons. The lowest BCUT2D eigenvalue weighted by atomic mass is 9.73. The monoisotopic (exact) mass is 805 g/mol. The summed E-state index contributed by atoms with van der Waals surface area (Å²) in [5.41, 5.74) is 9.51. The van der Waals surface area contributed by atoms with E-state index < -0.39 is 5.41 Å². The summed E-state index contributed by atoms with van der Waals surface area (Å²) in [6, 6.07) is 54.0. The molecule has 8 rings (SSSR count). The molecule has 0 aliphatic rings. The molecule has 8 aromatic rings. The number of benzene rings is 7. The second kappa shape index (κ2) is 18.1. The number of hydrogen-bond donors (Lipinski definition) is 0. The molecule has 0 atom stereocenters. The Morgan fingerprint density at radius 1 is 0.656 bits per heavy atom. The lowest BCUT2D eigenvalue weighted by Gasteiger charge is -2.35. The summed E-state index contributed by atoms with van der Waals surface area (Å²) in [5, 5.41) is 7.61. The lowest BCUT2D eigenvalue weighted by Crippen LogP contribution is -2.25. The third-order valence-corrected chi connectivity index (χ3v) is 13.0. The van der Waals surface area contributed by atoms with Crippen LogP contribution in [0.25, 0.3) is 58.9 Å². The molecule has 1 nitrogen and oxygen atoms in total. The van der Waals surface area contributed by atoms with E-state index in [1.807, 2.05) is 35.6 Å². The van der Waals surface area contributed by atoms with Crippen LogP contribution in [0.2, 0.25) is 0 Å². The average molecular weight is 806 g/mol. The van der Waals surface area contributed by atoms with Crippen LogP contribution in [0.15, 0.2) is 232 Å². The summed E-state index contributed by atoms with van der Waals surface area (Å²) in [7, 11) is 0. The van der Waals surface area contributed by atoms with Gasteiger partial charge in [0.05, 0.1) is 0 Å². The fraction of sp³-hybridized carbons (Fsp3) is 0.0847. The van der Waals surface area contributed by atoms with E-state index in [2.05, 4.69) is 215 Å². The Morgan fingerprint density at radius 3 is 2.10 bits per heavy atom. The number of thiophene rings is 1. The first kappa shape index (κ1) is 40.8. The number of rotatable bonds is 15. The minimum Gasteiger partial charge on any atom is -0.321 e. The maximum atomic E-state index is 4.75. The zero-order valence-corrected chi connectivity index (χ0v) is 36.0. The van der Waals surface area contributed by atoms with Gasteiger partial charge in [-0.05, 0) is 97.6 Å². The number of fused-ring (bicyclic) bond motifs is 6. The topological polar surface area (TPSA) is 3.24 Å². The summed E-state index contributed by atoms with van der Waals surface area (Å²) in [6.45, 7) is 22.2. The third kappa shape index (κ3) is 8.16. The molecule has 0 saturated heterocycles. The largest absolute Gasteiger partial charge is 0.321 e. The molecular formula is C59H51NS. The minimum absolute atomic E-state index is 0.444. The number of hydrogen-bond acceptors (Lipinski definition) is 2. The predicted molar refractivity (Wildman–Crippen MR) is 271 cm³/mol. The number of para-hydroxylation sites is 1. The van der Waals surface area contributed by atoms with E-state index in [-0.39, 0.29) is 0 Å². The van der Waals surface area contributed by atoms with Gasteiger partial charge < -0.3 is 4.90 Å². The van der Waals surface area contributed by atoms with E-state index in [9.17, 15) is 0 Å². The van der Waals surface area contributed by atoms with E-state index in [1.165, 1.54) is 52.8 Å². The van der Waals surface area contributed by atoms with Crippen LogP contribution < -0.4 is 4.90 Å². The van der Waals surface area contributed by atoms with Crippen LogP contribution in [0.3, 0.4) is 0 Å². The van der Waals surface area contributed by atoms with Crippen molar-refractivity contribution in [3.05, 3.63) is 254 Å². The molecule has 0 radical (unpaired) electrons. The molecule has 61 heavy (non-hydrogen) atoms. The van der Waals surface area contributed by atoms with E-state index >= 15 is 0 Å². The van der Waals surface area contributed by atoms with E-state index in [0.717, 1.165) is 52.1 Å². The Balaban J connectivity index is 1.17. The molecule has 0 spiro atoms. The Labute approximate surface area is 365 Å². The standard InChI is InChI=1S/C59H51NS/c1-7-43(50-35-23-36-53-52-34-19-22-39-57(52)61-58(50)53)30-24-40-60(42(4)25-13-14-28-45-41-46-29-15-16-31-48(46)51-33-18-17-32-49(45)51)56-38-21-20-37-55(56)59(5,6)54(9-3)47(8-2)44-26-11-10-12-27-44/h7-12,14-24,26-41H,1-4,13,25H2,5-6H3/b28-14+,40-24+,43-30+,54-47-. The summed E-state index contributed by atoms with van der Waals surface area (Å²) in [5.74, 6) is 0. The summed E-state index contributed by atoms with van der Waals surface area (Å²) in [6.07, 6.45) is 18.5. The summed E-state index contributed by atoms with van der Waals surface area (Å²) >= 11 is 1.83. The molecule has 0 aliphatic heterocycles. The van der Waals surface area contributed by atoms with Crippen molar-refractivity contribution < 1.29 is 0 Å². The molecule has 0 unspecified atom stereocenters. The van der Waals surface area contributed by atoms with Crippen LogP contribution in [0.5, 0.6) is 0 Å². The van der Waals surface area contributed by atoms with E-state index in [0.29, 0.717) is 0 Å². The van der Waals surface area contributed by atoms with Crippen molar-refractivity contribution in [3.8, 4) is 0 Å². The van der Waals surface area contributed by atoms with Crippen LogP contribution >= 0.6 is 11.3 Å². The SMILES string of the molecule is C=C/C(=C(\C=C)C(C)(C)c1ccccc1N(/C=C/C=C(\C=C)c1cccc2c1sc1ccccc12)C(=C)CC/C=C/c1cc2ccccc2c2ccccc12)c1ccccc1. The maximum Gasteiger partial charge on any atom is 0.0492 e. The Bertz CT molecular complexity index is 3070. The van der Waals surface area contributed by atoms with Crippen molar-refractivity contribution >= 4 is 76.0 Å². The van der Waals surface area contributed by atoms with Gasteiger partial charge in [-0.25, -0.2) is 0 Å². The van der Waals surface area contributed by atoms with Crippen molar-refractivity contribution in [2.45, 2.75) is 32.1 Å². The fourth-order valence-corrected chi connectivity index (χ4v) is 9.93. The molecular weight excluding hydrogens is 755 g/mol. The number of anilines is 1. The van der Waals surface area contributed by atoms with Gasteiger partial charge in [0.15, 0.2) is 0 Å². The smallest absolute Gasteiger partial charge is 0.0492 e. The fourth-order valence-electron chi connectivity index (χ4n) is 8.69. The molecule has 7 aromatic carbocycles. The summed E-state index contributed by atoms with van der Waals surface area (Å²) < 4.78 is 2.55. The highest BCUT2D eigenvalue weighted by Gasteiger charge is 2.30. The zero-order chi connectivity index (χ0) is 42.3. The molecule has 1 aromatic heterocycles. The lowest BCUT2D eigenvalue weighted by molar-refractivity contribution is 0.641. The second-order valence-corrected chi connectivity index (χ2v) is 16.9. The molecule has 0 N–H and O–H groups in total. The molecule has 0 bridgehead atoms. The second-order valence-electron chi connectivity index (χ2n) is 15.8. The highest BCUT2D eigenvalue weighted by molar-refractivity contribution is 7.26. The molecule has 0 aliphatic carbocycles. The first-order valence-corrected chi connectivity index (χ1v) is 21.8. The van der Waals surface area contributed by atoms with Crippen LogP contribution in [0.4, 0.5) is 5.69 Å². The number of allylic oxidation sites excluding steroid dienone is 10. The van der Waals surface area contributed by atoms with Gasteiger partial charge in [-0.2, -0.15) is 0 Å². The van der Waals surface area contributed by atoms with Gasteiger partial charge in [-0.15, -0.1) is 11.3 Å². The Hall–Kier alpha value is -7.00. The van der Waals surface area contributed by atoms with Crippen molar-refractivity contribution in [2.24, 2.45) is 0 Å². The van der Waals surface area contributed by atoms with E-state index in [1.54, 1.807) is 0 Å². The third-order valence-electron chi connectivity index (χ3n) is 11.8. The van der Waals surface area contributed by atoms with Gasteiger partial charge in [0.2, 0.25) is 0 Å². The van der Waals surface area contributed by atoms with Crippen LogP contribution in [-0.2, 0) is 5.41 Å². The zero-order valence-electron chi connectivity index (χ0n) is 35.2. The molecule has 1 heterocycles. The molecule has 0 fully saturated rings. The van der Waals surface area contributed by atoms with Crippen molar-refractivity contribution in [2.75, 3.05) is 4.90 Å². The normalized spacial score (nSPS) is 12.7. The summed E-state index contributed by atoms with van der Waals surface area (Å²) in [4.78, 5) is 2.27. The molecule has 0 saturated carbocycles. The van der Waals surface area contributed by atoms with Gasteiger partial charge in [-0.3, -0.25) is 0 Å². The first-order chi connectivity index (χ1) is 29.8. The predicted octanol–water partition coefficient (Wildman–Crippen LogP) is 17.1.